The van der Waals surface area contributed by atoms with Crippen molar-refractivity contribution in [2.75, 3.05) is 0 Å². The molecule has 4 heteroatoms. The van der Waals surface area contributed by atoms with E-state index >= 15 is 0 Å². The molecule has 47 heavy (non-hydrogen) atoms. The Morgan fingerprint density at radius 3 is 1.79 bits per heavy atom. The van der Waals surface area contributed by atoms with Crippen LogP contribution in [0.2, 0.25) is 0 Å². The maximum Gasteiger partial charge on any atom is 0.344 e. The van der Waals surface area contributed by atoms with E-state index < -0.39 is 0 Å². The van der Waals surface area contributed by atoms with Crippen LogP contribution in [-0.2, 0) is 0 Å². The standard InChI is InChI=1S/C43H26N2O2/c46-43-36-18-5-4-15-31(36)35-23-22-34-32-16-6-9-20-39(32)45(41(34)42(35)47-43)30-14-10-11-27(25-30)28-21-24-40-37(26-28)33-17-7-8-19-38(33)44(40)29-12-2-1-3-13-29/h1-26H. The predicted molar refractivity (Wildman–Crippen MR) is 194 cm³/mol. The molecule has 3 aromatic heterocycles. The van der Waals surface area contributed by atoms with Crippen molar-refractivity contribution in [1.82, 2.24) is 9.13 Å². The SMILES string of the molecule is O=c1oc2c(ccc3c4ccccc4n(-c4cccc(-c5ccc6c(c5)c5ccccc5n6-c5ccccc5)c4)c32)c2ccccc12. The number of fused-ring (bicyclic) bond motifs is 10. The van der Waals surface area contributed by atoms with Crippen LogP contribution < -0.4 is 5.63 Å². The van der Waals surface area contributed by atoms with Gasteiger partial charge in [-0.05, 0) is 77.2 Å². The third-order valence-electron chi connectivity index (χ3n) is 9.55. The lowest BCUT2D eigenvalue weighted by Crippen LogP contribution is -2.01. The van der Waals surface area contributed by atoms with Crippen LogP contribution in [-0.4, -0.2) is 9.13 Å². The van der Waals surface area contributed by atoms with E-state index in [1.165, 1.54) is 21.8 Å². The summed E-state index contributed by atoms with van der Waals surface area (Å²) in [4.78, 5) is 13.3. The van der Waals surface area contributed by atoms with Crippen LogP contribution in [0.5, 0.6) is 0 Å². The van der Waals surface area contributed by atoms with Gasteiger partial charge in [-0.15, -0.1) is 0 Å². The third-order valence-corrected chi connectivity index (χ3v) is 9.55. The first-order chi connectivity index (χ1) is 23.2. The van der Waals surface area contributed by atoms with Gasteiger partial charge in [0, 0.05) is 38.3 Å². The second-order valence-corrected chi connectivity index (χ2v) is 12.1. The second-order valence-electron chi connectivity index (χ2n) is 12.1. The van der Waals surface area contributed by atoms with Crippen molar-refractivity contribution in [3.63, 3.8) is 0 Å². The highest BCUT2D eigenvalue weighted by Crippen LogP contribution is 2.39. The zero-order valence-corrected chi connectivity index (χ0v) is 25.2. The monoisotopic (exact) mass is 602 g/mol. The number of rotatable bonds is 3. The molecule has 0 aliphatic carbocycles. The van der Waals surface area contributed by atoms with E-state index in [1.54, 1.807) is 0 Å². The van der Waals surface area contributed by atoms with Crippen molar-refractivity contribution < 1.29 is 4.42 Å². The molecule has 10 aromatic rings. The van der Waals surface area contributed by atoms with Crippen LogP contribution in [0.15, 0.2) is 167 Å². The van der Waals surface area contributed by atoms with E-state index in [0.717, 1.165) is 55.1 Å². The molecule has 0 saturated heterocycles. The normalized spacial score (nSPS) is 11.9. The van der Waals surface area contributed by atoms with Gasteiger partial charge in [-0.2, -0.15) is 0 Å². The maximum absolute atomic E-state index is 13.3. The molecule has 220 valence electrons. The molecule has 0 aliphatic rings. The molecule has 0 atom stereocenters. The molecule has 0 bridgehead atoms. The van der Waals surface area contributed by atoms with Crippen molar-refractivity contribution >= 4 is 65.4 Å². The van der Waals surface area contributed by atoms with Crippen LogP contribution in [0, 0.1) is 0 Å². The van der Waals surface area contributed by atoms with Crippen molar-refractivity contribution in [3.05, 3.63) is 168 Å². The number of hydrogen-bond acceptors (Lipinski definition) is 2. The summed E-state index contributed by atoms with van der Waals surface area (Å²) in [5.41, 5.74) is 8.98. The topological polar surface area (TPSA) is 40.1 Å². The molecular weight excluding hydrogens is 576 g/mol. The highest BCUT2D eigenvalue weighted by atomic mass is 16.4. The molecule has 4 nitrogen and oxygen atoms in total. The summed E-state index contributed by atoms with van der Waals surface area (Å²) < 4.78 is 10.7. The highest BCUT2D eigenvalue weighted by molar-refractivity contribution is 6.20. The Hall–Kier alpha value is -6.39. The fourth-order valence-electron chi connectivity index (χ4n) is 7.49. The molecular formula is C43H26N2O2. The minimum Gasteiger partial charge on any atom is -0.420 e. The lowest BCUT2D eigenvalue weighted by atomic mass is 10.0. The van der Waals surface area contributed by atoms with Crippen LogP contribution in [0.25, 0.3) is 87.9 Å². The molecule has 3 heterocycles. The lowest BCUT2D eigenvalue weighted by molar-refractivity contribution is 0.572. The molecule has 10 rings (SSSR count). The minimum atomic E-state index is -0.325. The molecule has 0 amide bonds. The molecule has 0 fully saturated rings. The first kappa shape index (κ1) is 25.9. The van der Waals surface area contributed by atoms with Crippen molar-refractivity contribution in [2.24, 2.45) is 0 Å². The number of nitrogens with zero attached hydrogens (tertiary/aromatic N) is 2. The van der Waals surface area contributed by atoms with Gasteiger partial charge >= 0.3 is 5.63 Å². The van der Waals surface area contributed by atoms with Gasteiger partial charge in [0.1, 0.15) is 0 Å². The van der Waals surface area contributed by atoms with E-state index in [9.17, 15) is 4.79 Å². The van der Waals surface area contributed by atoms with Crippen molar-refractivity contribution in [3.8, 4) is 22.5 Å². The quantitative estimate of drug-likeness (QED) is 0.149. The first-order valence-corrected chi connectivity index (χ1v) is 15.8. The summed E-state index contributed by atoms with van der Waals surface area (Å²) in [6, 6.07) is 54.9. The fraction of sp³-hybridized carbons (Fsp3) is 0. The molecule has 0 radical (unpaired) electrons. The van der Waals surface area contributed by atoms with Crippen LogP contribution in [0.4, 0.5) is 0 Å². The van der Waals surface area contributed by atoms with Crippen molar-refractivity contribution in [1.29, 1.82) is 0 Å². The van der Waals surface area contributed by atoms with E-state index in [2.05, 4.69) is 143 Å². The summed E-state index contributed by atoms with van der Waals surface area (Å²) >= 11 is 0. The smallest absolute Gasteiger partial charge is 0.344 e. The lowest BCUT2D eigenvalue weighted by Gasteiger charge is -2.12. The second kappa shape index (κ2) is 9.80. The zero-order valence-electron chi connectivity index (χ0n) is 25.2. The Bertz CT molecular complexity index is 2930. The van der Waals surface area contributed by atoms with Gasteiger partial charge in [0.15, 0.2) is 5.58 Å². The number of benzene rings is 7. The average molecular weight is 603 g/mol. The predicted octanol–water partition coefficient (Wildman–Crippen LogP) is 10.8. The van der Waals surface area contributed by atoms with Crippen LogP contribution >= 0.6 is 0 Å². The molecule has 0 saturated carbocycles. The van der Waals surface area contributed by atoms with E-state index in [4.69, 9.17) is 4.42 Å². The number of hydrogen-bond donors (Lipinski definition) is 0. The number of aromatic nitrogens is 2. The minimum absolute atomic E-state index is 0.325. The molecule has 0 spiro atoms. The van der Waals surface area contributed by atoms with Gasteiger partial charge in [0.25, 0.3) is 0 Å². The largest absolute Gasteiger partial charge is 0.420 e. The van der Waals surface area contributed by atoms with Gasteiger partial charge in [-0.25, -0.2) is 4.79 Å². The van der Waals surface area contributed by atoms with E-state index in [1.807, 2.05) is 24.3 Å². The van der Waals surface area contributed by atoms with E-state index in [0.29, 0.717) is 11.0 Å². The van der Waals surface area contributed by atoms with Gasteiger partial charge < -0.3 is 13.6 Å². The Labute approximate surface area is 268 Å². The summed E-state index contributed by atoms with van der Waals surface area (Å²) in [5, 5.41) is 7.01. The van der Waals surface area contributed by atoms with Gasteiger partial charge in [-0.3, -0.25) is 0 Å². The van der Waals surface area contributed by atoms with E-state index in [-0.39, 0.29) is 5.63 Å². The molecule has 7 aromatic carbocycles. The number of para-hydroxylation sites is 3. The van der Waals surface area contributed by atoms with Gasteiger partial charge in [-0.1, -0.05) is 97.1 Å². The van der Waals surface area contributed by atoms with Crippen LogP contribution in [0.3, 0.4) is 0 Å². The molecule has 0 aliphatic heterocycles. The summed E-state index contributed by atoms with van der Waals surface area (Å²) in [6.07, 6.45) is 0. The van der Waals surface area contributed by atoms with Crippen molar-refractivity contribution in [2.45, 2.75) is 0 Å². The Kier molecular flexibility index (Phi) is 5.40. The summed E-state index contributed by atoms with van der Waals surface area (Å²) in [6.45, 7) is 0. The van der Waals surface area contributed by atoms with Crippen LogP contribution in [0.1, 0.15) is 0 Å². The maximum atomic E-state index is 13.3. The van der Waals surface area contributed by atoms with Gasteiger partial charge in [0.2, 0.25) is 0 Å². The average Bonchev–Trinajstić information content (AvgIpc) is 3.65. The first-order valence-electron chi connectivity index (χ1n) is 15.8. The summed E-state index contributed by atoms with van der Waals surface area (Å²) in [7, 11) is 0. The van der Waals surface area contributed by atoms with Gasteiger partial charge in [0.05, 0.1) is 27.5 Å². The zero-order chi connectivity index (χ0) is 31.1. The Morgan fingerprint density at radius 2 is 0.979 bits per heavy atom. The Morgan fingerprint density at radius 1 is 0.383 bits per heavy atom. The Balaban J connectivity index is 1.23. The summed E-state index contributed by atoms with van der Waals surface area (Å²) in [5.74, 6) is 0. The highest BCUT2D eigenvalue weighted by Gasteiger charge is 2.19. The molecule has 0 N–H and O–H groups in total. The fourth-order valence-corrected chi connectivity index (χ4v) is 7.49. The third kappa shape index (κ3) is 3.73. The molecule has 0 unspecified atom stereocenters.